The minimum atomic E-state index is -0.372. The van der Waals surface area contributed by atoms with Gasteiger partial charge in [0.15, 0.2) is 0 Å². The van der Waals surface area contributed by atoms with Crippen molar-refractivity contribution in [1.82, 2.24) is 14.7 Å². The van der Waals surface area contributed by atoms with Crippen LogP contribution in [0.5, 0.6) is 0 Å². The summed E-state index contributed by atoms with van der Waals surface area (Å²) in [5, 5.41) is 7.30. The molecule has 1 atom stereocenters. The average molecular weight is 345 g/mol. The first-order valence-corrected chi connectivity index (χ1v) is 7.86. The van der Waals surface area contributed by atoms with Crippen LogP contribution in [0.3, 0.4) is 0 Å². The SMILES string of the molecule is Cc1noc(C)c1C(C)C(=O)Nc1ccc(-n2ccnc2)c(Cl)c1. The molecule has 24 heavy (non-hydrogen) atoms. The Hall–Kier alpha value is -2.60. The first-order chi connectivity index (χ1) is 11.5. The number of anilines is 1. The first kappa shape index (κ1) is 16.3. The number of nitrogens with one attached hydrogen (secondary N) is 1. The second-order valence-electron chi connectivity index (χ2n) is 5.58. The molecule has 0 saturated heterocycles. The number of carbonyl (C=O) groups is 1. The highest BCUT2D eigenvalue weighted by molar-refractivity contribution is 6.32. The summed E-state index contributed by atoms with van der Waals surface area (Å²) in [5.41, 5.74) is 2.97. The van der Waals surface area contributed by atoms with Crippen LogP contribution >= 0.6 is 11.6 Å². The molecular formula is C17H17ClN4O2. The Bertz CT molecular complexity index is 851. The van der Waals surface area contributed by atoms with E-state index in [9.17, 15) is 4.79 Å². The third kappa shape index (κ3) is 3.05. The number of halogens is 1. The van der Waals surface area contributed by atoms with Crippen molar-refractivity contribution in [2.75, 3.05) is 5.32 Å². The summed E-state index contributed by atoms with van der Waals surface area (Å²) in [4.78, 5) is 16.5. The topological polar surface area (TPSA) is 73.0 Å². The van der Waals surface area contributed by atoms with Gasteiger partial charge in [0.25, 0.3) is 0 Å². The fourth-order valence-electron chi connectivity index (χ4n) is 2.69. The number of hydrogen-bond donors (Lipinski definition) is 1. The molecule has 0 aliphatic rings. The number of aryl methyl sites for hydroxylation is 2. The van der Waals surface area contributed by atoms with E-state index >= 15 is 0 Å². The fraction of sp³-hybridized carbons (Fsp3) is 0.235. The van der Waals surface area contributed by atoms with E-state index in [-0.39, 0.29) is 11.8 Å². The Balaban J connectivity index is 1.79. The van der Waals surface area contributed by atoms with Crippen molar-refractivity contribution < 1.29 is 9.32 Å². The number of carbonyl (C=O) groups excluding carboxylic acids is 1. The van der Waals surface area contributed by atoms with Crippen LogP contribution in [0.4, 0.5) is 5.69 Å². The quantitative estimate of drug-likeness (QED) is 0.779. The van der Waals surface area contributed by atoms with Crippen LogP contribution in [-0.2, 0) is 4.79 Å². The van der Waals surface area contributed by atoms with Gasteiger partial charge in [0, 0.05) is 23.6 Å². The van der Waals surface area contributed by atoms with Crippen molar-refractivity contribution in [2.24, 2.45) is 0 Å². The molecule has 0 radical (unpaired) electrons. The monoisotopic (exact) mass is 344 g/mol. The van der Waals surface area contributed by atoms with E-state index in [1.165, 1.54) is 0 Å². The number of amides is 1. The molecule has 0 fully saturated rings. The van der Waals surface area contributed by atoms with Gasteiger partial charge in [-0.1, -0.05) is 16.8 Å². The number of aromatic nitrogens is 3. The third-order valence-corrected chi connectivity index (χ3v) is 4.22. The first-order valence-electron chi connectivity index (χ1n) is 7.49. The van der Waals surface area contributed by atoms with E-state index in [4.69, 9.17) is 16.1 Å². The molecule has 1 amide bonds. The van der Waals surface area contributed by atoms with Gasteiger partial charge >= 0.3 is 0 Å². The van der Waals surface area contributed by atoms with Gasteiger partial charge in [-0.15, -0.1) is 0 Å². The predicted octanol–water partition coefficient (Wildman–Crippen LogP) is 3.87. The lowest BCUT2D eigenvalue weighted by Gasteiger charge is -2.13. The maximum absolute atomic E-state index is 12.5. The molecule has 2 heterocycles. The molecule has 1 N–H and O–H groups in total. The number of nitrogens with zero attached hydrogens (tertiary/aromatic N) is 3. The summed E-state index contributed by atoms with van der Waals surface area (Å²) >= 11 is 6.31. The summed E-state index contributed by atoms with van der Waals surface area (Å²) in [5.74, 6) is 0.142. The molecule has 124 valence electrons. The summed E-state index contributed by atoms with van der Waals surface area (Å²) < 4.78 is 6.94. The van der Waals surface area contributed by atoms with Gasteiger partial charge in [-0.2, -0.15) is 0 Å². The molecule has 3 rings (SSSR count). The minimum Gasteiger partial charge on any atom is -0.361 e. The molecule has 1 unspecified atom stereocenters. The van der Waals surface area contributed by atoms with E-state index in [0.717, 1.165) is 16.9 Å². The van der Waals surface area contributed by atoms with E-state index in [0.29, 0.717) is 16.5 Å². The van der Waals surface area contributed by atoms with E-state index in [1.807, 2.05) is 19.9 Å². The summed E-state index contributed by atoms with van der Waals surface area (Å²) in [6.07, 6.45) is 5.15. The second kappa shape index (κ2) is 6.49. The van der Waals surface area contributed by atoms with Crippen LogP contribution in [0, 0.1) is 13.8 Å². The third-order valence-electron chi connectivity index (χ3n) is 3.91. The number of rotatable bonds is 4. The van der Waals surface area contributed by atoms with Gasteiger partial charge in [-0.3, -0.25) is 4.79 Å². The van der Waals surface area contributed by atoms with Gasteiger partial charge in [-0.25, -0.2) is 4.98 Å². The molecule has 2 aromatic heterocycles. The lowest BCUT2D eigenvalue weighted by Crippen LogP contribution is -2.19. The molecule has 6 nitrogen and oxygen atoms in total. The Morgan fingerprint density at radius 1 is 1.38 bits per heavy atom. The van der Waals surface area contributed by atoms with Gasteiger partial charge < -0.3 is 14.4 Å². The van der Waals surface area contributed by atoms with Crippen LogP contribution in [0.1, 0.15) is 29.9 Å². The summed E-state index contributed by atoms with van der Waals surface area (Å²) in [6, 6.07) is 5.36. The van der Waals surface area contributed by atoms with Gasteiger partial charge in [0.05, 0.1) is 28.6 Å². The molecule has 0 aliphatic heterocycles. The maximum atomic E-state index is 12.5. The highest BCUT2D eigenvalue weighted by atomic mass is 35.5. The summed E-state index contributed by atoms with van der Waals surface area (Å²) in [6.45, 7) is 5.45. The standard InChI is InChI=1S/C17H17ClN4O2/c1-10(16-11(2)21-24-12(16)3)17(23)20-13-4-5-15(14(18)8-13)22-7-6-19-9-22/h4-10H,1-3H3,(H,20,23). The van der Waals surface area contributed by atoms with Crippen LogP contribution < -0.4 is 5.32 Å². The lowest BCUT2D eigenvalue weighted by molar-refractivity contribution is -0.117. The minimum absolute atomic E-state index is 0.143. The van der Waals surface area contributed by atoms with Gasteiger partial charge in [-0.05, 0) is 39.0 Å². The van der Waals surface area contributed by atoms with E-state index < -0.39 is 0 Å². The smallest absolute Gasteiger partial charge is 0.231 e. The maximum Gasteiger partial charge on any atom is 0.231 e. The number of benzene rings is 1. The van der Waals surface area contributed by atoms with Gasteiger partial charge in [0.2, 0.25) is 5.91 Å². The van der Waals surface area contributed by atoms with Crippen LogP contribution in [0.15, 0.2) is 41.4 Å². The molecule has 7 heteroatoms. The molecule has 3 aromatic rings. The highest BCUT2D eigenvalue weighted by Crippen LogP contribution is 2.27. The van der Waals surface area contributed by atoms with Crippen LogP contribution in [0.2, 0.25) is 5.02 Å². The zero-order chi connectivity index (χ0) is 17.3. The second-order valence-corrected chi connectivity index (χ2v) is 5.99. The molecule has 1 aromatic carbocycles. The predicted molar refractivity (Wildman–Crippen MR) is 91.6 cm³/mol. The van der Waals surface area contributed by atoms with Crippen molar-refractivity contribution in [3.05, 3.63) is 59.0 Å². The Labute approximate surface area is 144 Å². The van der Waals surface area contributed by atoms with E-state index in [2.05, 4.69) is 15.5 Å². The van der Waals surface area contributed by atoms with Crippen molar-refractivity contribution in [2.45, 2.75) is 26.7 Å². The zero-order valence-electron chi connectivity index (χ0n) is 13.6. The molecule has 0 saturated carbocycles. The number of hydrogen-bond acceptors (Lipinski definition) is 4. The normalized spacial score (nSPS) is 12.2. The van der Waals surface area contributed by atoms with Crippen LogP contribution in [0.25, 0.3) is 5.69 Å². The molecule has 0 aliphatic carbocycles. The molecular weight excluding hydrogens is 328 g/mol. The average Bonchev–Trinajstić information content (AvgIpc) is 3.17. The van der Waals surface area contributed by atoms with Gasteiger partial charge in [0.1, 0.15) is 5.76 Å². The van der Waals surface area contributed by atoms with Crippen molar-refractivity contribution in [3.8, 4) is 5.69 Å². The largest absolute Gasteiger partial charge is 0.361 e. The highest BCUT2D eigenvalue weighted by Gasteiger charge is 2.23. The molecule has 0 spiro atoms. The van der Waals surface area contributed by atoms with Crippen molar-refractivity contribution >= 4 is 23.2 Å². The molecule has 0 bridgehead atoms. The Morgan fingerprint density at radius 3 is 2.75 bits per heavy atom. The lowest BCUT2D eigenvalue weighted by atomic mass is 9.98. The van der Waals surface area contributed by atoms with Crippen molar-refractivity contribution in [3.63, 3.8) is 0 Å². The summed E-state index contributed by atoms with van der Waals surface area (Å²) in [7, 11) is 0. The Kier molecular flexibility index (Phi) is 4.40. The number of imidazole rings is 1. The van der Waals surface area contributed by atoms with E-state index in [1.54, 1.807) is 42.3 Å². The Morgan fingerprint density at radius 2 is 2.17 bits per heavy atom. The van der Waals surface area contributed by atoms with Crippen LogP contribution in [-0.4, -0.2) is 20.6 Å². The zero-order valence-corrected chi connectivity index (χ0v) is 14.3. The van der Waals surface area contributed by atoms with Crippen molar-refractivity contribution in [1.29, 1.82) is 0 Å². The fourth-order valence-corrected chi connectivity index (χ4v) is 2.96.